The molecule has 1 heterocycles. The maximum Gasteiger partial charge on any atom is 0.410 e. The summed E-state index contributed by atoms with van der Waals surface area (Å²) in [5.41, 5.74) is 1.03. The van der Waals surface area contributed by atoms with E-state index in [2.05, 4.69) is 12.6 Å². The third-order valence-electron chi connectivity index (χ3n) is 3.85. The summed E-state index contributed by atoms with van der Waals surface area (Å²) in [6.45, 7) is 2.01. The van der Waals surface area contributed by atoms with Crippen molar-refractivity contribution in [3.8, 4) is 0 Å². The van der Waals surface area contributed by atoms with E-state index in [4.69, 9.17) is 4.74 Å². The molecule has 0 atom stereocenters. The number of likely N-dealkylation sites (tertiary alicyclic amines) is 1. The van der Waals surface area contributed by atoms with Crippen LogP contribution in [0.25, 0.3) is 0 Å². The molecule has 20 heavy (non-hydrogen) atoms. The summed E-state index contributed by atoms with van der Waals surface area (Å²) >= 11 is 4.25. The quantitative estimate of drug-likeness (QED) is 0.838. The topological polar surface area (TPSA) is 29.5 Å². The monoisotopic (exact) mass is 293 g/mol. The molecule has 0 spiro atoms. The molecule has 1 aliphatic rings. The molecular formula is C16H23NO2S. The Morgan fingerprint density at radius 1 is 1.25 bits per heavy atom. The molecule has 0 saturated carbocycles. The van der Waals surface area contributed by atoms with E-state index < -0.39 is 0 Å². The fourth-order valence-electron chi connectivity index (χ4n) is 2.59. The van der Waals surface area contributed by atoms with E-state index in [1.165, 1.54) is 12.8 Å². The molecule has 1 aliphatic heterocycles. The first-order chi connectivity index (χ1) is 9.79. The summed E-state index contributed by atoms with van der Waals surface area (Å²) in [5.74, 6) is 1.71. The van der Waals surface area contributed by atoms with Crippen molar-refractivity contribution in [1.29, 1.82) is 0 Å². The number of amides is 1. The van der Waals surface area contributed by atoms with Gasteiger partial charge in [0, 0.05) is 13.1 Å². The minimum Gasteiger partial charge on any atom is -0.445 e. The Morgan fingerprint density at radius 2 is 1.95 bits per heavy atom. The van der Waals surface area contributed by atoms with Gasteiger partial charge in [-0.1, -0.05) is 30.3 Å². The van der Waals surface area contributed by atoms with Gasteiger partial charge in [0.2, 0.25) is 0 Å². The summed E-state index contributed by atoms with van der Waals surface area (Å²) in [4.78, 5) is 13.8. The van der Waals surface area contributed by atoms with Gasteiger partial charge < -0.3 is 9.64 Å². The van der Waals surface area contributed by atoms with Gasteiger partial charge in [-0.2, -0.15) is 12.6 Å². The number of piperidine rings is 1. The fourth-order valence-corrected chi connectivity index (χ4v) is 2.78. The van der Waals surface area contributed by atoms with E-state index in [-0.39, 0.29) is 6.09 Å². The molecule has 2 rings (SSSR count). The Kier molecular flexibility index (Phi) is 6.25. The van der Waals surface area contributed by atoms with E-state index in [0.717, 1.165) is 43.2 Å². The highest BCUT2D eigenvalue weighted by Crippen LogP contribution is 2.22. The third kappa shape index (κ3) is 4.75. The number of carbonyl (C=O) groups excluding carboxylic acids is 1. The van der Waals surface area contributed by atoms with Crippen LogP contribution in [0.3, 0.4) is 0 Å². The van der Waals surface area contributed by atoms with Crippen LogP contribution in [-0.2, 0) is 11.3 Å². The molecule has 1 saturated heterocycles. The fraction of sp³-hybridized carbons (Fsp3) is 0.562. The van der Waals surface area contributed by atoms with E-state index in [0.29, 0.717) is 6.61 Å². The predicted molar refractivity (Wildman–Crippen MR) is 84.0 cm³/mol. The molecule has 1 fully saturated rings. The van der Waals surface area contributed by atoms with Crippen LogP contribution in [-0.4, -0.2) is 29.8 Å². The average molecular weight is 293 g/mol. The maximum atomic E-state index is 12.0. The number of hydrogen-bond donors (Lipinski definition) is 1. The first kappa shape index (κ1) is 15.2. The molecule has 1 aromatic rings. The van der Waals surface area contributed by atoms with Gasteiger partial charge in [-0.3, -0.25) is 0 Å². The molecule has 0 aromatic heterocycles. The van der Waals surface area contributed by atoms with Crippen LogP contribution in [0.2, 0.25) is 0 Å². The van der Waals surface area contributed by atoms with Crippen molar-refractivity contribution in [3.63, 3.8) is 0 Å². The standard InChI is InChI=1S/C16H23NO2S/c18-16(19-13-15-5-2-1-3-6-15)17-10-8-14(9-11-17)7-4-12-20/h1-3,5-6,14,20H,4,7-13H2. The number of ether oxygens (including phenoxy) is 1. The number of carbonyl (C=O) groups is 1. The number of rotatable bonds is 5. The molecular weight excluding hydrogens is 270 g/mol. The summed E-state index contributed by atoms with van der Waals surface area (Å²) in [6, 6.07) is 9.81. The van der Waals surface area contributed by atoms with Gasteiger partial charge in [0.15, 0.2) is 0 Å². The van der Waals surface area contributed by atoms with Crippen LogP contribution in [0.1, 0.15) is 31.2 Å². The SMILES string of the molecule is O=C(OCc1ccccc1)N1CCC(CCCS)CC1. The van der Waals surface area contributed by atoms with E-state index in [1.54, 1.807) is 0 Å². The molecule has 0 unspecified atom stereocenters. The molecule has 110 valence electrons. The van der Waals surface area contributed by atoms with Gasteiger partial charge in [0.05, 0.1) is 0 Å². The van der Waals surface area contributed by atoms with E-state index in [9.17, 15) is 4.79 Å². The van der Waals surface area contributed by atoms with Crippen molar-refractivity contribution in [2.24, 2.45) is 5.92 Å². The Hall–Kier alpha value is -1.16. The molecule has 0 radical (unpaired) electrons. The highest BCUT2D eigenvalue weighted by molar-refractivity contribution is 7.80. The predicted octanol–water partition coefficient (Wildman–Crippen LogP) is 3.75. The van der Waals surface area contributed by atoms with Gasteiger partial charge in [0.25, 0.3) is 0 Å². The van der Waals surface area contributed by atoms with Crippen LogP contribution < -0.4 is 0 Å². The number of benzene rings is 1. The molecule has 0 N–H and O–H groups in total. The second-order valence-electron chi connectivity index (χ2n) is 5.34. The first-order valence-electron chi connectivity index (χ1n) is 7.36. The molecule has 1 aromatic carbocycles. The van der Waals surface area contributed by atoms with Crippen molar-refractivity contribution in [1.82, 2.24) is 4.90 Å². The zero-order chi connectivity index (χ0) is 14.2. The van der Waals surface area contributed by atoms with Crippen LogP contribution >= 0.6 is 12.6 Å². The molecule has 1 amide bonds. The van der Waals surface area contributed by atoms with Crippen molar-refractivity contribution in [3.05, 3.63) is 35.9 Å². The average Bonchev–Trinajstić information content (AvgIpc) is 2.52. The van der Waals surface area contributed by atoms with Crippen molar-refractivity contribution in [2.75, 3.05) is 18.8 Å². The lowest BCUT2D eigenvalue weighted by molar-refractivity contribution is 0.0815. The second-order valence-corrected chi connectivity index (χ2v) is 5.78. The minimum absolute atomic E-state index is 0.179. The number of hydrogen-bond acceptors (Lipinski definition) is 3. The Labute approximate surface area is 126 Å². The Balaban J connectivity index is 1.69. The highest BCUT2D eigenvalue weighted by atomic mass is 32.1. The molecule has 0 aliphatic carbocycles. The molecule has 3 nitrogen and oxygen atoms in total. The maximum absolute atomic E-state index is 12.0. The van der Waals surface area contributed by atoms with Crippen LogP contribution in [0.15, 0.2) is 30.3 Å². The summed E-state index contributed by atoms with van der Waals surface area (Å²) in [7, 11) is 0. The van der Waals surface area contributed by atoms with Gasteiger partial charge >= 0.3 is 6.09 Å². The smallest absolute Gasteiger partial charge is 0.410 e. The van der Waals surface area contributed by atoms with Crippen molar-refractivity contribution < 1.29 is 9.53 Å². The summed E-state index contributed by atoms with van der Waals surface area (Å²) in [5, 5.41) is 0. The summed E-state index contributed by atoms with van der Waals surface area (Å²) < 4.78 is 5.36. The van der Waals surface area contributed by atoms with Crippen molar-refractivity contribution in [2.45, 2.75) is 32.3 Å². The van der Waals surface area contributed by atoms with Crippen LogP contribution in [0.5, 0.6) is 0 Å². The van der Waals surface area contributed by atoms with Crippen LogP contribution in [0.4, 0.5) is 4.79 Å². The number of nitrogens with zero attached hydrogens (tertiary/aromatic N) is 1. The lowest BCUT2D eigenvalue weighted by atomic mass is 9.93. The number of thiol groups is 1. The third-order valence-corrected chi connectivity index (χ3v) is 4.16. The Bertz CT molecular complexity index is 402. The first-order valence-corrected chi connectivity index (χ1v) is 7.99. The lowest BCUT2D eigenvalue weighted by Crippen LogP contribution is -2.38. The van der Waals surface area contributed by atoms with Crippen LogP contribution in [0, 0.1) is 5.92 Å². The van der Waals surface area contributed by atoms with Crippen molar-refractivity contribution >= 4 is 18.7 Å². The lowest BCUT2D eigenvalue weighted by Gasteiger charge is -2.31. The van der Waals surface area contributed by atoms with E-state index >= 15 is 0 Å². The highest BCUT2D eigenvalue weighted by Gasteiger charge is 2.23. The zero-order valence-electron chi connectivity index (χ0n) is 11.8. The second kappa shape index (κ2) is 8.20. The molecule has 4 heteroatoms. The van der Waals surface area contributed by atoms with Gasteiger partial charge in [-0.25, -0.2) is 4.79 Å². The zero-order valence-corrected chi connectivity index (χ0v) is 12.7. The van der Waals surface area contributed by atoms with Gasteiger partial charge in [0.1, 0.15) is 6.61 Å². The van der Waals surface area contributed by atoms with Gasteiger partial charge in [-0.05, 0) is 42.9 Å². The minimum atomic E-state index is -0.179. The van der Waals surface area contributed by atoms with Gasteiger partial charge in [-0.15, -0.1) is 0 Å². The normalized spacial score (nSPS) is 16.1. The summed E-state index contributed by atoms with van der Waals surface area (Å²) in [6.07, 6.45) is 4.41. The largest absolute Gasteiger partial charge is 0.445 e. The molecule has 0 bridgehead atoms. The Morgan fingerprint density at radius 3 is 2.60 bits per heavy atom. The van der Waals surface area contributed by atoms with E-state index in [1.807, 2.05) is 35.2 Å².